The second kappa shape index (κ2) is 9.04. The predicted molar refractivity (Wildman–Crippen MR) is 119 cm³/mol. The zero-order chi connectivity index (χ0) is 21.7. The Kier molecular flexibility index (Phi) is 6.46. The molecule has 0 atom stereocenters. The first-order chi connectivity index (χ1) is 14.3. The molecule has 0 heterocycles. The molecule has 0 saturated carbocycles. The summed E-state index contributed by atoms with van der Waals surface area (Å²) in [5.41, 5.74) is 4.08. The molecule has 0 aliphatic rings. The van der Waals surface area contributed by atoms with E-state index in [1.54, 1.807) is 12.1 Å². The van der Waals surface area contributed by atoms with Crippen molar-refractivity contribution < 1.29 is 19.4 Å². The minimum atomic E-state index is -1.02. The van der Waals surface area contributed by atoms with E-state index >= 15 is 0 Å². The van der Waals surface area contributed by atoms with Gasteiger partial charge in [-0.25, -0.2) is 4.79 Å². The van der Waals surface area contributed by atoms with Gasteiger partial charge in [-0.3, -0.25) is 0 Å². The number of carboxylic acids is 1. The van der Waals surface area contributed by atoms with Gasteiger partial charge >= 0.3 is 5.97 Å². The molecule has 0 aromatic heterocycles. The van der Waals surface area contributed by atoms with Gasteiger partial charge in [0.2, 0.25) is 0 Å². The van der Waals surface area contributed by atoms with E-state index in [2.05, 4.69) is 32.9 Å². The summed E-state index contributed by atoms with van der Waals surface area (Å²) >= 11 is 0. The summed E-state index contributed by atoms with van der Waals surface area (Å²) in [7, 11) is 0. The van der Waals surface area contributed by atoms with Crippen LogP contribution < -0.4 is 9.47 Å². The van der Waals surface area contributed by atoms with Gasteiger partial charge in [0.25, 0.3) is 0 Å². The lowest BCUT2D eigenvalue weighted by Crippen LogP contribution is -2.11. The highest BCUT2D eigenvalue weighted by Gasteiger charge is 2.16. The molecule has 0 aliphatic carbocycles. The van der Waals surface area contributed by atoms with Crippen LogP contribution in [0, 0.1) is 0 Å². The Labute approximate surface area is 178 Å². The Balaban J connectivity index is 1.84. The highest BCUT2D eigenvalue weighted by atomic mass is 16.5. The maximum Gasteiger partial charge on any atom is 0.339 e. The van der Waals surface area contributed by atoms with Gasteiger partial charge in [0.1, 0.15) is 23.7 Å². The van der Waals surface area contributed by atoms with Crippen LogP contribution in [0.1, 0.15) is 49.2 Å². The molecule has 0 fully saturated rings. The summed E-state index contributed by atoms with van der Waals surface area (Å²) in [6.07, 6.45) is 0. The Morgan fingerprint density at radius 2 is 1.60 bits per heavy atom. The predicted octanol–water partition coefficient (Wildman–Crippen LogP) is 6.33. The molecular weight excluding hydrogens is 376 g/mol. The molecule has 156 valence electrons. The van der Waals surface area contributed by atoms with Gasteiger partial charge in [0.05, 0.1) is 6.61 Å². The van der Waals surface area contributed by atoms with Crippen molar-refractivity contribution in [3.63, 3.8) is 0 Å². The molecule has 0 bridgehead atoms. The van der Waals surface area contributed by atoms with E-state index in [0.29, 0.717) is 19.0 Å². The summed E-state index contributed by atoms with van der Waals surface area (Å²) < 4.78 is 11.5. The van der Waals surface area contributed by atoms with Crippen molar-refractivity contribution in [2.24, 2.45) is 0 Å². The van der Waals surface area contributed by atoms with Crippen molar-refractivity contribution in [3.05, 3.63) is 83.4 Å². The topological polar surface area (TPSA) is 55.8 Å². The maximum atomic E-state index is 11.9. The molecule has 0 radical (unpaired) electrons. The Hall–Kier alpha value is -3.27. The largest absolute Gasteiger partial charge is 0.493 e. The van der Waals surface area contributed by atoms with Crippen LogP contribution in [-0.4, -0.2) is 17.7 Å². The average molecular weight is 405 g/mol. The molecule has 3 aromatic rings. The lowest BCUT2D eigenvalue weighted by Gasteiger charge is -2.19. The van der Waals surface area contributed by atoms with Gasteiger partial charge < -0.3 is 14.6 Å². The fourth-order valence-electron chi connectivity index (χ4n) is 3.24. The van der Waals surface area contributed by atoms with Crippen molar-refractivity contribution in [2.75, 3.05) is 6.61 Å². The van der Waals surface area contributed by atoms with Crippen LogP contribution in [0.3, 0.4) is 0 Å². The van der Waals surface area contributed by atoms with Crippen LogP contribution in [0.4, 0.5) is 0 Å². The number of benzene rings is 3. The monoisotopic (exact) mass is 404 g/mol. The number of rotatable bonds is 7. The average Bonchev–Trinajstić information content (AvgIpc) is 2.72. The van der Waals surface area contributed by atoms with Crippen molar-refractivity contribution >= 4 is 5.97 Å². The lowest BCUT2D eigenvalue weighted by atomic mass is 9.87. The van der Waals surface area contributed by atoms with Gasteiger partial charge in [-0.05, 0) is 47.2 Å². The number of ether oxygens (including phenoxy) is 2. The molecule has 0 spiro atoms. The van der Waals surface area contributed by atoms with E-state index < -0.39 is 5.97 Å². The van der Waals surface area contributed by atoms with E-state index in [4.69, 9.17) is 9.47 Å². The van der Waals surface area contributed by atoms with Crippen molar-refractivity contribution in [1.82, 2.24) is 0 Å². The summed E-state index contributed by atoms with van der Waals surface area (Å²) in [6.45, 7) is 9.27. The van der Waals surface area contributed by atoms with Crippen LogP contribution in [0.2, 0.25) is 0 Å². The van der Waals surface area contributed by atoms with Crippen LogP contribution >= 0.6 is 0 Å². The Bertz CT molecular complexity index is 1010. The molecule has 3 aromatic carbocycles. The van der Waals surface area contributed by atoms with E-state index in [9.17, 15) is 9.90 Å². The minimum absolute atomic E-state index is 0.0868. The minimum Gasteiger partial charge on any atom is -0.493 e. The maximum absolute atomic E-state index is 11.9. The molecule has 0 aliphatic heterocycles. The van der Waals surface area contributed by atoms with Gasteiger partial charge in [-0.15, -0.1) is 0 Å². The second-order valence-corrected chi connectivity index (χ2v) is 8.18. The SMILES string of the molecule is CCOc1ccccc1-c1ccc(OCc2ccc(C(C)(C)C)cc2)c(C(=O)O)c1. The number of hydrogen-bond acceptors (Lipinski definition) is 3. The van der Waals surface area contributed by atoms with Gasteiger partial charge in [0.15, 0.2) is 0 Å². The first-order valence-corrected chi connectivity index (χ1v) is 10.1. The standard InChI is InChI=1S/C26H28O4/c1-5-29-23-9-7-6-8-21(23)19-12-15-24(22(16-19)25(27)28)30-17-18-10-13-20(14-11-18)26(2,3)4/h6-16H,5,17H2,1-4H3,(H,27,28). The van der Waals surface area contributed by atoms with Crippen LogP contribution in [0.15, 0.2) is 66.7 Å². The van der Waals surface area contributed by atoms with Crippen LogP contribution in [-0.2, 0) is 12.0 Å². The molecule has 3 rings (SSSR count). The Morgan fingerprint density at radius 3 is 2.23 bits per heavy atom. The molecule has 0 amide bonds. The number of para-hydroxylation sites is 1. The summed E-state index contributed by atoms with van der Waals surface area (Å²) in [6, 6.07) is 21.0. The molecule has 4 heteroatoms. The number of aromatic carboxylic acids is 1. The fraction of sp³-hybridized carbons (Fsp3) is 0.269. The third-order valence-corrected chi connectivity index (χ3v) is 4.92. The molecule has 1 N–H and O–H groups in total. The first-order valence-electron chi connectivity index (χ1n) is 10.1. The molecule has 0 unspecified atom stereocenters. The van der Waals surface area contributed by atoms with Crippen molar-refractivity contribution in [1.29, 1.82) is 0 Å². The summed E-state index contributed by atoms with van der Waals surface area (Å²) in [5.74, 6) is 0.0489. The highest BCUT2D eigenvalue weighted by Crippen LogP contribution is 2.33. The van der Waals surface area contributed by atoms with E-state index in [1.807, 2.05) is 49.4 Å². The normalized spacial score (nSPS) is 11.2. The second-order valence-electron chi connectivity index (χ2n) is 8.18. The smallest absolute Gasteiger partial charge is 0.339 e. The lowest BCUT2D eigenvalue weighted by molar-refractivity contribution is 0.0692. The van der Waals surface area contributed by atoms with E-state index in [0.717, 1.165) is 22.4 Å². The van der Waals surface area contributed by atoms with Gasteiger partial charge in [0, 0.05) is 5.56 Å². The number of hydrogen-bond donors (Lipinski definition) is 1. The van der Waals surface area contributed by atoms with Crippen LogP contribution in [0.5, 0.6) is 11.5 Å². The van der Waals surface area contributed by atoms with E-state index in [-0.39, 0.29) is 11.0 Å². The van der Waals surface area contributed by atoms with E-state index in [1.165, 1.54) is 5.56 Å². The molecule has 0 saturated heterocycles. The van der Waals surface area contributed by atoms with Gasteiger partial charge in [-0.1, -0.05) is 69.3 Å². The van der Waals surface area contributed by atoms with Gasteiger partial charge in [-0.2, -0.15) is 0 Å². The fourth-order valence-corrected chi connectivity index (χ4v) is 3.24. The first kappa shape index (κ1) is 21.4. The number of carboxylic acid groups (broad SMARTS) is 1. The molecular formula is C26H28O4. The third kappa shape index (κ3) is 5.01. The van der Waals surface area contributed by atoms with Crippen molar-refractivity contribution in [2.45, 2.75) is 39.7 Å². The van der Waals surface area contributed by atoms with Crippen molar-refractivity contribution in [3.8, 4) is 22.6 Å². The molecule has 30 heavy (non-hydrogen) atoms. The number of carbonyl (C=O) groups is 1. The molecule has 4 nitrogen and oxygen atoms in total. The Morgan fingerprint density at radius 1 is 0.900 bits per heavy atom. The zero-order valence-electron chi connectivity index (χ0n) is 17.9. The van der Waals surface area contributed by atoms with Crippen LogP contribution in [0.25, 0.3) is 11.1 Å². The third-order valence-electron chi connectivity index (χ3n) is 4.92. The highest BCUT2D eigenvalue weighted by molar-refractivity contribution is 5.93. The quantitative estimate of drug-likeness (QED) is 0.500. The summed E-state index contributed by atoms with van der Waals surface area (Å²) in [4.78, 5) is 11.9. The zero-order valence-corrected chi connectivity index (χ0v) is 17.9. The summed E-state index contributed by atoms with van der Waals surface area (Å²) in [5, 5.41) is 9.72.